The van der Waals surface area contributed by atoms with E-state index in [9.17, 15) is 5.11 Å². The first kappa shape index (κ1) is 18.3. The van der Waals surface area contributed by atoms with Crippen molar-refractivity contribution in [2.45, 2.75) is 19.9 Å². The molecule has 4 nitrogen and oxygen atoms in total. The topological polar surface area (TPSA) is 58.0 Å². The normalized spacial score (nSPS) is 12.1. The van der Waals surface area contributed by atoms with Crippen molar-refractivity contribution in [2.24, 2.45) is 0 Å². The summed E-state index contributed by atoms with van der Waals surface area (Å²) >= 11 is 6.55. The zero-order valence-electron chi connectivity index (χ0n) is 15.6. The number of aryl methyl sites for hydroxylation is 2. The molecule has 0 radical (unpaired) electrons. The van der Waals surface area contributed by atoms with Crippen LogP contribution in [-0.2, 0) is 0 Å². The molecule has 2 heterocycles. The van der Waals surface area contributed by atoms with Gasteiger partial charge >= 0.3 is 0 Å². The Bertz CT molecular complexity index is 1150. The number of aromatic nitrogens is 2. The molecule has 0 spiro atoms. The van der Waals surface area contributed by atoms with Crippen LogP contribution in [0.2, 0.25) is 5.02 Å². The molecule has 0 aliphatic heterocycles. The first-order chi connectivity index (χ1) is 13.5. The number of phenolic OH excluding ortho intramolecular Hbond substituents is 1. The van der Waals surface area contributed by atoms with E-state index in [2.05, 4.69) is 47.3 Å². The molecule has 2 aromatic heterocycles. The minimum Gasteiger partial charge on any atom is -0.505 e. The Labute approximate surface area is 168 Å². The third-order valence-corrected chi connectivity index (χ3v) is 5.17. The van der Waals surface area contributed by atoms with Crippen LogP contribution in [0.1, 0.15) is 28.3 Å². The van der Waals surface area contributed by atoms with Gasteiger partial charge in [0.25, 0.3) is 0 Å². The van der Waals surface area contributed by atoms with E-state index >= 15 is 0 Å². The highest BCUT2D eigenvalue weighted by molar-refractivity contribution is 6.35. The maximum atomic E-state index is 11.1. The molecule has 140 valence electrons. The number of phenols is 1. The summed E-state index contributed by atoms with van der Waals surface area (Å²) in [7, 11) is 0. The van der Waals surface area contributed by atoms with Gasteiger partial charge < -0.3 is 10.4 Å². The average Bonchev–Trinajstić information content (AvgIpc) is 2.72. The van der Waals surface area contributed by atoms with Crippen molar-refractivity contribution in [1.82, 2.24) is 9.97 Å². The average molecular weight is 390 g/mol. The highest BCUT2D eigenvalue weighted by Crippen LogP contribution is 2.40. The molecule has 1 unspecified atom stereocenters. The Morgan fingerprint density at radius 1 is 0.929 bits per heavy atom. The minimum absolute atomic E-state index is 0.120. The van der Waals surface area contributed by atoms with Crippen LogP contribution in [0.5, 0.6) is 5.75 Å². The number of pyridine rings is 2. The summed E-state index contributed by atoms with van der Waals surface area (Å²) in [6.45, 7) is 4.11. The van der Waals surface area contributed by atoms with Crippen molar-refractivity contribution in [3.8, 4) is 5.75 Å². The van der Waals surface area contributed by atoms with Crippen molar-refractivity contribution >= 4 is 28.3 Å². The summed E-state index contributed by atoms with van der Waals surface area (Å²) in [5.41, 5.74) is 4.44. The smallest absolute Gasteiger partial charge is 0.147 e. The van der Waals surface area contributed by atoms with Gasteiger partial charge in [-0.15, -0.1) is 0 Å². The molecular formula is C23H20ClN3O. The van der Waals surface area contributed by atoms with E-state index in [1.54, 1.807) is 12.4 Å². The van der Waals surface area contributed by atoms with Crippen LogP contribution in [0.3, 0.4) is 0 Å². The lowest BCUT2D eigenvalue weighted by Gasteiger charge is -2.24. The van der Waals surface area contributed by atoms with Gasteiger partial charge in [0.05, 0.1) is 11.1 Å². The summed E-state index contributed by atoms with van der Waals surface area (Å²) in [5, 5.41) is 15.8. The van der Waals surface area contributed by atoms with Gasteiger partial charge in [-0.1, -0.05) is 41.4 Å². The molecule has 0 aliphatic rings. The molecule has 0 saturated heterocycles. The second-order valence-corrected chi connectivity index (χ2v) is 7.26. The van der Waals surface area contributed by atoms with E-state index in [0.717, 1.165) is 22.1 Å². The number of fused-ring (bicyclic) bond motifs is 1. The van der Waals surface area contributed by atoms with E-state index in [4.69, 9.17) is 11.6 Å². The molecule has 0 bridgehead atoms. The molecule has 1 atom stereocenters. The Hall–Kier alpha value is -3.11. The quantitative estimate of drug-likeness (QED) is 0.462. The molecule has 28 heavy (non-hydrogen) atoms. The van der Waals surface area contributed by atoms with E-state index < -0.39 is 0 Å². The molecule has 4 aromatic rings. The summed E-state index contributed by atoms with van der Waals surface area (Å²) in [6, 6.07) is 17.1. The zero-order valence-corrected chi connectivity index (χ0v) is 16.4. The first-order valence-corrected chi connectivity index (χ1v) is 9.43. The molecule has 0 aliphatic carbocycles. The summed E-state index contributed by atoms with van der Waals surface area (Å²) in [5.74, 6) is 0.833. The fraction of sp³-hybridized carbons (Fsp3) is 0.130. The maximum Gasteiger partial charge on any atom is 0.147 e. The zero-order chi connectivity index (χ0) is 19.7. The highest BCUT2D eigenvalue weighted by atomic mass is 35.5. The van der Waals surface area contributed by atoms with E-state index in [-0.39, 0.29) is 11.8 Å². The second-order valence-electron chi connectivity index (χ2n) is 6.85. The largest absolute Gasteiger partial charge is 0.505 e. The predicted octanol–water partition coefficient (Wildman–Crippen LogP) is 5.81. The molecule has 0 saturated carbocycles. The summed E-state index contributed by atoms with van der Waals surface area (Å²) < 4.78 is 0. The Morgan fingerprint density at radius 3 is 2.54 bits per heavy atom. The fourth-order valence-electron chi connectivity index (χ4n) is 3.42. The van der Waals surface area contributed by atoms with Gasteiger partial charge in [0.15, 0.2) is 0 Å². The van der Waals surface area contributed by atoms with Crippen LogP contribution in [0.4, 0.5) is 5.82 Å². The Morgan fingerprint density at radius 2 is 1.75 bits per heavy atom. The van der Waals surface area contributed by atoms with E-state index in [1.807, 2.05) is 36.4 Å². The van der Waals surface area contributed by atoms with Crippen LogP contribution in [0.25, 0.3) is 10.9 Å². The molecule has 0 amide bonds. The highest BCUT2D eigenvalue weighted by Gasteiger charge is 2.23. The minimum atomic E-state index is -0.335. The second kappa shape index (κ2) is 7.49. The van der Waals surface area contributed by atoms with Gasteiger partial charge in [0, 0.05) is 23.3 Å². The van der Waals surface area contributed by atoms with Gasteiger partial charge in [-0.05, 0) is 55.3 Å². The molecule has 4 rings (SSSR count). The van der Waals surface area contributed by atoms with Crippen LogP contribution in [-0.4, -0.2) is 15.1 Å². The maximum absolute atomic E-state index is 11.1. The number of anilines is 1. The molecular weight excluding hydrogens is 370 g/mol. The van der Waals surface area contributed by atoms with E-state index in [0.29, 0.717) is 21.9 Å². The van der Waals surface area contributed by atoms with Crippen molar-refractivity contribution in [2.75, 3.05) is 5.32 Å². The number of hydrogen-bond donors (Lipinski definition) is 2. The molecule has 2 N–H and O–H groups in total. The number of halogens is 1. The molecule has 0 fully saturated rings. The summed E-state index contributed by atoms with van der Waals surface area (Å²) in [6.07, 6.45) is 3.39. The van der Waals surface area contributed by atoms with Crippen LogP contribution >= 0.6 is 11.6 Å². The summed E-state index contributed by atoms with van der Waals surface area (Å²) in [4.78, 5) is 8.74. The Kier molecular flexibility index (Phi) is 4.88. The Balaban J connectivity index is 1.94. The van der Waals surface area contributed by atoms with Crippen molar-refractivity contribution in [1.29, 1.82) is 0 Å². The van der Waals surface area contributed by atoms with Gasteiger partial charge in [-0.2, -0.15) is 0 Å². The molecule has 2 aromatic carbocycles. The number of aromatic hydroxyl groups is 1. The van der Waals surface area contributed by atoms with Crippen LogP contribution in [0.15, 0.2) is 67.0 Å². The monoisotopic (exact) mass is 389 g/mol. The fourth-order valence-corrected chi connectivity index (χ4v) is 3.69. The third kappa shape index (κ3) is 3.39. The SMILES string of the molecule is Cc1ccc(C)c(C(Nc2ccccn2)c2cc(Cl)c3cccnc3c2O)c1. The van der Waals surface area contributed by atoms with Gasteiger partial charge in [-0.3, -0.25) is 4.98 Å². The number of hydrogen-bond acceptors (Lipinski definition) is 4. The van der Waals surface area contributed by atoms with Gasteiger partial charge in [0.2, 0.25) is 0 Å². The standard InChI is InChI=1S/C23H20ClN3O/c1-14-8-9-15(2)17(12-14)21(27-20-7-3-4-10-25-20)18-13-19(24)16-6-5-11-26-22(16)23(18)28/h3-13,21,28H,1-2H3,(H,25,27). The predicted molar refractivity (Wildman–Crippen MR) is 114 cm³/mol. The molecule has 5 heteroatoms. The lowest BCUT2D eigenvalue weighted by molar-refractivity contribution is 0.471. The lowest BCUT2D eigenvalue weighted by Crippen LogP contribution is -2.15. The van der Waals surface area contributed by atoms with Crippen LogP contribution < -0.4 is 5.32 Å². The third-order valence-electron chi connectivity index (χ3n) is 4.86. The van der Waals surface area contributed by atoms with Crippen molar-refractivity contribution in [3.63, 3.8) is 0 Å². The number of benzene rings is 2. The van der Waals surface area contributed by atoms with Crippen molar-refractivity contribution in [3.05, 3.63) is 94.3 Å². The van der Waals surface area contributed by atoms with Crippen LogP contribution in [0, 0.1) is 13.8 Å². The number of nitrogens with one attached hydrogen (secondary N) is 1. The number of rotatable bonds is 4. The first-order valence-electron chi connectivity index (χ1n) is 9.05. The van der Waals surface area contributed by atoms with Crippen molar-refractivity contribution < 1.29 is 5.11 Å². The van der Waals surface area contributed by atoms with Gasteiger partial charge in [-0.25, -0.2) is 4.98 Å². The lowest BCUT2D eigenvalue weighted by atomic mass is 9.92. The number of nitrogens with zero attached hydrogens (tertiary/aromatic N) is 2. The van der Waals surface area contributed by atoms with Gasteiger partial charge in [0.1, 0.15) is 17.1 Å². The van der Waals surface area contributed by atoms with E-state index in [1.165, 1.54) is 0 Å².